The predicted molar refractivity (Wildman–Crippen MR) is 68.6 cm³/mol. The molecule has 0 spiro atoms. The number of nitrogens with one attached hydrogen (secondary N) is 2. The number of anilines is 1. The second-order valence-corrected chi connectivity index (χ2v) is 4.04. The molecule has 1 rings (SSSR count). The molecule has 0 aliphatic carbocycles. The molecule has 0 heterocycles. The van der Waals surface area contributed by atoms with Crippen LogP contribution in [0.1, 0.15) is 12.0 Å². The number of phenols is 1. The Morgan fingerprint density at radius 2 is 2.11 bits per heavy atom. The molecule has 6 heteroatoms. The Morgan fingerprint density at radius 1 is 1.42 bits per heavy atom. The van der Waals surface area contributed by atoms with Gasteiger partial charge >= 0.3 is 6.03 Å². The molecule has 0 unspecified atom stereocenters. The van der Waals surface area contributed by atoms with E-state index in [9.17, 15) is 19.8 Å². The van der Waals surface area contributed by atoms with Gasteiger partial charge < -0.3 is 25.6 Å². The lowest BCUT2D eigenvalue weighted by Gasteiger charge is -2.10. The quantitative estimate of drug-likeness (QED) is 0.532. The summed E-state index contributed by atoms with van der Waals surface area (Å²) in [5.74, 6) is -1.38. The number of phenolic OH excluding ortho intramolecular Hbond substituents is 1. The number of aryl methyl sites for hydroxylation is 1. The second-order valence-electron chi connectivity index (χ2n) is 4.04. The predicted octanol–water partition coefficient (Wildman–Crippen LogP) is 0.518. The summed E-state index contributed by atoms with van der Waals surface area (Å²) in [6, 6.07) is 4.27. The molecule has 0 bridgehead atoms. The lowest BCUT2D eigenvalue weighted by Crippen LogP contribution is -2.31. The number of aromatic hydroxyl groups is 1. The molecule has 0 atom stereocenters. The van der Waals surface area contributed by atoms with Gasteiger partial charge in [-0.05, 0) is 36.6 Å². The van der Waals surface area contributed by atoms with Crippen molar-refractivity contribution < 1.29 is 19.8 Å². The summed E-state index contributed by atoms with van der Waals surface area (Å²) in [4.78, 5) is 21.9. The number of urea groups is 1. The summed E-state index contributed by atoms with van der Waals surface area (Å²) in [7, 11) is 0. The number of carbonyl (C=O) groups excluding carboxylic acids is 2. The average molecular weight is 263 g/mol. The summed E-state index contributed by atoms with van der Waals surface area (Å²) in [5, 5.41) is 24.8. The minimum atomic E-state index is -1.33. The summed E-state index contributed by atoms with van der Waals surface area (Å²) in [6.07, 6.45) is 0.0928. The van der Waals surface area contributed by atoms with Crippen molar-refractivity contribution in [3.8, 4) is 5.75 Å². The highest BCUT2D eigenvalue weighted by molar-refractivity contribution is 5.91. The number of carboxylic acids is 1. The Morgan fingerprint density at radius 3 is 2.74 bits per heavy atom. The number of hydrogen-bond donors (Lipinski definition) is 3. The first-order valence-corrected chi connectivity index (χ1v) is 5.63. The molecular formula is C13H15N2O4-. The first kappa shape index (κ1) is 14.6. The number of carboxylic acid groups (broad SMARTS) is 1. The van der Waals surface area contributed by atoms with E-state index in [4.69, 9.17) is 0 Å². The van der Waals surface area contributed by atoms with Crippen molar-refractivity contribution in [2.45, 2.75) is 13.3 Å². The largest absolute Gasteiger partial charge is 0.545 e. The van der Waals surface area contributed by atoms with Gasteiger partial charge in [0.2, 0.25) is 0 Å². The van der Waals surface area contributed by atoms with Crippen LogP contribution in [-0.4, -0.2) is 23.7 Å². The van der Waals surface area contributed by atoms with E-state index in [0.717, 1.165) is 5.56 Å². The Hall–Kier alpha value is -2.50. The smallest absolute Gasteiger partial charge is 0.319 e. The van der Waals surface area contributed by atoms with E-state index in [1.807, 2.05) is 6.92 Å². The highest BCUT2D eigenvalue weighted by Crippen LogP contribution is 2.23. The Balaban J connectivity index is 2.45. The van der Waals surface area contributed by atoms with Crippen molar-refractivity contribution in [1.82, 2.24) is 5.32 Å². The second kappa shape index (κ2) is 6.44. The normalized spacial score (nSPS) is 9.74. The van der Waals surface area contributed by atoms with Crippen LogP contribution in [-0.2, 0) is 4.79 Å². The number of rotatable bonds is 5. The van der Waals surface area contributed by atoms with Gasteiger partial charge in [0.25, 0.3) is 0 Å². The Labute approximate surface area is 110 Å². The fraction of sp³-hybridized carbons (Fsp3) is 0.231. The van der Waals surface area contributed by atoms with Crippen LogP contribution in [0.5, 0.6) is 5.75 Å². The third-order valence-corrected chi connectivity index (χ3v) is 2.40. The number of aliphatic carboxylic acids is 1. The van der Waals surface area contributed by atoms with Crippen molar-refractivity contribution >= 4 is 17.7 Å². The van der Waals surface area contributed by atoms with Gasteiger partial charge in [-0.1, -0.05) is 12.6 Å². The van der Waals surface area contributed by atoms with E-state index in [1.165, 1.54) is 6.07 Å². The number of benzene rings is 1. The van der Waals surface area contributed by atoms with E-state index in [2.05, 4.69) is 17.2 Å². The highest BCUT2D eigenvalue weighted by atomic mass is 16.4. The first-order chi connectivity index (χ1) is 8.90. The zero-order chi connectivity index (χ0) is 14.4. The third-order valence-electron chi connectivity index (χ3n) is 2.40. The molecule has 3 N–H and O–H groups in total. The van der Waals surface area contributed by atoms with Gasteiger partial charge in [-0.15, -0.1) is 0 Å². The molecule has 0 aromatic heterocycles. The zero-order valence-corrected chi connectivity index (χ0v) is 10.5. The molecule has 1 aromatic rings. The first-order valence-electron chi connectivity index (χ1n) is 5.63. The third kappa shape index (κ3) is 4.71. The maximum atomic E-state index is 11.5. The topological polar surface area (TPSA) is 101 Å². The molecule has 0 fully saturated rings. The van der Waals surface area contributed by atoms with Crippen LogP contribution in [0.4, 0.5) is 10.5 Å². The van der Waals surface area contributed by atoms with Crippen LogP contribution >= 0.6 is 0 Å². The van der Waals surface area contributed by atoms with Crippen LogP contribution in [0, 0.1) is 6.92 Å². The number of hydrogen-bond acceptors (Lipinski definition) is 4. The summed E-state index contributed by atoms with van der Waals surface area (Å²) in [6.45, 7) is 5.23. The minimum absolute atomic E-state index is 0.0418. The standard InChI is InChI=1S/C13H16N2O4/c1-8-3-4-11(16)10(7-8)15-13(19)14-6-5-9(2)12(17)18/h3-4,7,16H,2,5-6H2,1H3,(H,17,18)(H2,14,15,19)/p-1. The van der Waals surface area contributed by atoms with Crippen molar-refractivity contribution in [3.05, 3.63) is 35.9 Å². The van der Waals surface area contributed by atoms with E-state index in [0.29, 0.717) is 0 Å². The van der Waals surface area contributed by atoms with Crippen LogP contribution < -0.4 is 15.7 Å². The molecule has 0 saturated carbocycles. The highest BCUT2D eigenvalue weighted by Gasteiger charge is 2.06. The zero-order valence-electron chi connectivity index (χ0n) is 10.5. The molecular weight excluding hydrogens is 248 g/mol. The van der Waals surface area contributed by atoms with Crippen LogP contribution in [0.3, 0.4) is 0 Å². The van der Waals surface area contributed by atoms with Gasteiger partial charge in [0.05, 0.1) is 11.7 Å². The lowest BCUT2D eigenvalue weighted by molar-refractivity contribution is -0.299. The van der Waals surface area contributed by atoms with Gasteiger partial charge in [-0.2, -0.15) is 0 Å². The average Bonchev–Trinajstić information content (AvgIpc) is 2.33. The Bertz CT molecular complexity index is 511. The molecule has 102 valence electrons. The van der Waals surface area contributed by atoms with Crippen LogP contribution in [0.2, 0.25) is 0 Å². The fourth-order valence-electron chi connectivity index (χ4n) is 1.35. The van der Waals surface area contributed by atoms with Crippen LogP contribution in [0.15, 0.2) is 30.4 Å². The van der Waals surface area contributed by atoms with Gasteiger partial charge in [0.1, 0.15) is 5.75 Å². The van der Waals surface area contributed by atoms with Crippen molar-refractivity contribution in [2.24, 2.45) is 0 Å². The van der Waals surface area contributed by atoms with Crippen LogP contribution in [0.25, 0.3) is 0 Å². The van der Waals surface area contributed by atoms with Gasteiger partial charge in [0, 0.05) is 6.54 Å². The maximum absolute atomic E-state index is 11.5. The summed E-state index contributed by atoms with van der Waals surface area (Å²) in [5.41, 5.74) is 1.09. The van der Waals surface area contributed by atoms with E-state index in [1.54, 1.807) is 12.1 Å². The van der Waals surface area contributed by atoms with Gasteiger partial charge in [-0.3, -0.25) is 0 Å². The molecule has 0 aliphatic rings. The molecule has 19 heavy (non-hydrogen) atoms. The SMILES string of the molecule is C=C(CCNC(=O)Nc1cc(C)ccc1O)C(=O)[O-]. The summed E-state index contributed by atoms with van der Waals surface area (Å²) >= 11 is 0. The minimum Gasteiger partial charge on any atom is -0.545 e. The fourth-order valence-corrected chi connectivity index (χ4v) is 1.35. The molecule has 0 aliphatic heterocycles. The number of carbonyl (C=O) groups is 2. The van der Waals surface area contributed by atoms with Crippen molar-refractivity contribution in [1.29, 1.82) is 0 Å². The monoisotopic (exact) mass is 263 g/mol. The Kier molecular flexibility index (Phi) is 4.93. The molecule has 1 aromatic carbocycles. The van der Waals surface area contributed by atoms with Gasteiger partial charge in [0.15, 0.2) is 0 Å². The maximum Gasteiger partial charge on any atom is 0.319 e. The number of amides is 2. The van der Waals surface area contributed by atoms with Crippen molar-refractivity contribution in [2.75, 3.05) is 11.9 Å². The van der Waals surface area contributed by atoms with Gasteiger partial charge in [-0.25, -0.2) is 4.79 Å². The molecule has 0 saturated heterocycles. The molecule has 2 amide bonds. The summed E-state index contributed by atoms with van der Waals surface area (Å²) < 4.78 is 0. The van der Waals surface area contributed by atoms with E-state index < -0.39 is 12.0 Å². The van der Waals surface area contributed by atoms with E-state index >= 15 is 0 Å². The van der Waals surface area contributed by atoms with Crippen molar-refractivity contribution in [3.63, 3.8) is 0 Å². The molecule has 6 nitrogen and oxygen atoms in total. The lowest BCUT2D eigenvalue weighted by atomic mass is 10.2. The van der Waals surface area contributed by atoms with E-state index in [-0.39, 0.29) is 30.0 Å². The molecule has 0 radical (unpaired) electrons.